The Labute approximate surface area is 113 Å². The highest BCUT2D eigenvalue weighted by Gasteiger charge is 2.22. The number of phenolic OH excluding ortho intramolecular Hbond substituents is 1. The molecule has 1 N–H and O–H groups in total. The maximum Gasteiger partial charge on any atom is 0.187 e. The lowest BCUT2D eigenvalue weighted by Crippen LogP contribution is -2.34. The molecule has 0 spiro atoms. The number of nitrogens with zero attached hydrogens (tertiary/aromatic N) is 1. The fourth-order valence-electron chi connectivity index (χ4n) is 2.75. The molecule has 0 saturated carbocycles. The lowest BCUT2D eigenvalue weighted by atomic mass is 9.86. The molecule has 1 aliphatic heterocycles. The van der Waals surface area contributed by atoms with Crippen molar-refractivity contribution >= 4 is 0 Å². The zero-order chi connectivity index (χ0) is 14.0. The first-order chi connectivity index (χ1) is 8.97. The van der Waals surface area contributed by atoms with E-state index >= 15 is 0 Å². The fourth-order valence-corrected chi connectivity index (χ4v) is 2.75. The Kier molecular flexibility index (Phi) is 4.40. The quantitative estimate of drug-likeness (QED) is 0.907. The van der Waals surface area contributed by atoms with Crippen LogP contribution < -0.4 is 0 Å². The third-order valence-electron chi connectivity index (χ3n) is 4.06. The largest absolute Gasteiger partial charge is 0.503 e. The SMILES string of the molecule is CC(C)C1CCN(Cc2cc(F)c(O)c(F)c2)CC1. The molecule has 106 valence electrons. The van der Waals surface area contributed by atoms with Crippen LogP contribution in [0.25, 0.3) is 0 Å². The van der Waals surface area contributed by atoms with Crippen LogP contribution in [0.1, 0.15) is 32.3 Å². The summed E-state index contributed by atoms with van der Waals surface area (Å²) in [6.07, 6.45) is 2.28. The summed E-state index contributed by atoms with van der Waals surface area (Å²) in [6.45, 7) is 6.95. The molecule has 1 fully saturated rings. The van der Waals surface area contributed by atoms with Gasteiger partial charge in [0.1, 0.15) is 0 Å². The molecule has 1 saturated heterocycles. The van der Waals surface area contributed by atoms with Gasteiger partial charge in [0, 0.05) is 6.54 Å². The third-order valence-corrected chi connectivity index (χ3v) is 4.06. The van der Waals surface area contributed by atoms with Crippen molar-refractivity contribution in [3.63, 3.8) is 0 Å². The van der Waals surface area contributed by atoms with Gasteiger partial charge in [-0.05, 0) is 55.5 Å². The van der Waals surface area contributed by atoms with E-state index in [0.29, 0.717) is 18.0 Å². The second kappa shape index (κ2) is 5.87. The Balaban J connectivity index is 1.96. The predicted molar refractivity (Wildman–Crippen MR) is 70.9 cm³/mol. The van der Waals surface area contributed by atoms with E-state index in [-0.39, 0.29) is 0 Å². The summed E-state index contributed by atoms with van der Waals surface area (Å²) >= 11 is 0. The van der Waals surface area contributed by atoms with Crippen LogP contribution in [0.3, 0.4) is 0 Å². The van der Waals surface area contributed by atoms with Gasteiger partial charge < -0.3 is 5.11 Å². The van der Waals surface area contributed by atoms with E-state index in [9.17, 15) is 8.78 Å². The lowest BCUT2D eigenvalue weighted by molar-refractivity contribution is 0.151. The van der Waals surface area contributed by atoms with E-state index in [0.717, 1.165) is 31.8 Å². The number of piperidine rings is 1. The monoisotopic (exact) mass is 269 g/mol. The van der Waals surface area contributed by atoms with Crippen LogP contribution in [0.2, 0.25) is 0 Å². The predicted octanol–water partition coefficient (Wildman–Crippen LogP) is 3.54. The molecule has 2 nitrogen and oxygen atoms in total. The first-order valence-electron chi connectivity index (χ1n) is 6.86. The summed E-state index contributed by atoms with van der Waals surface area (Å²) in [6, 6.07) is 2.43. The Hall–Kier alpha value is -1.16. The van der Waals surface area contributed by atoms with Gasteiger partial charge in [-0.1, -0.05) is 13.8 Å². The Morgan fingerprint density at radius 1 is 1.21 bits per heavy atom. The summed E-state index contributed by atoms with van der Waals surface area (Å²) < 4.78 is 26.5. The fraction of sp³-hybridized carbons (Fsp3) is 0.600. The molecule has 19 heavy (non-hydrogen) atoms. The average molecular weight is 269 g/mol. The number of halogens is 2. The van der Waals surface area contributed by atoms with Gasteiger partial charge in [0.15, 0.2) is 17.4 Å². The minimum absolute atomic E-state index is 0.541. The Morgan fingerprint density at radius 2 is 1.74 bits per heavy atom. The highest BCUT2D eigenvalue weighted by Crippen LogP contribution is 2.26. The van der Waals surface area contributed by atoms with Gasteiger partial charge in [0.2, 0.25) is 0 Å². The molecule has 0 atom stereocenters. The number of benzene rings is 1. The van der Waals surface area contributed by atoms with Crippen molar-refractivity contribution < 1.29 is 13.9 Å². The summed E-state index contributed by atoms with van der Waals surface area (Å²) in [7, 11) is 0. The number of aromatic hydroxyl groups is 1. The molecule has 1 aromatic rings. The second-order valence-electron chi connectivity index (χ2n) is 5.77. The maximum absolute atomic E-state index is 13.3. The first kappa shape index (κ1) is 14.3. The van der Waals surface area contributed by atoms with Crippen LogP contribution in [0.5, 0.6) is 5.75 Å². The van der Waals surface area contributed by atoms with Crippen molar-refractivity contribution in [3.8, 4) is 5.75 Å². The molecule has 1 aromatic carbocycles. The van der Waals surface area contributed by atoms with Crippen LogP contribution in [0.15, 0.2) is 12.1 Å². The van der Waals surface area contributed by atoms with Crippen molar-refractivity contribution in [2.45, 2.75) is 33.2 Å². The van der Waals surface area contributed by atoms with E-state index in [1.54, 1.807) is 0 Å². The van der Waals surface area contributed by atoms with Crippen LogP contribution >= 0.6 is 0 Å². The second-order valence-corrected chi connectivity index (χ2v) is 5.77. The molecule has 0 aliphatic carbocycles. The lowest BCUT2D eigenvalue weighted by Gasteiger charge is -2.33. The molecule has 0 aromatic heterocycles. The number of rotatable bonds is 3. The van der Waals surface area contributed by atoms with Crippen LogP contribution in [-0.2, 0) is 6.54 Å². The van der Waals surface area contributed by atoms with Crippen molar-refractivity contribution in [1.29, 1.82) is 0 Å². The molecule has 0 radical (unpaired) electrons. The van der Waals surface area contributed by atoms with E-state index in [4.69, 9.17) is 5.11 Å². The Morgan fingerprint density at radius 3 is 2.21 bits per heavy atom. The normalized spacial score (nSPS) is 18.2. The minimum Gasteiger partial charge on any atom is -0.503 e. The molecular weight excluding hydrogens is 248 g/mol. The van der Waals surface area contributed by atoms with E-state index in [2.05, 4.69) is 18.7 Å². The third kappa shape index (κ3) is 3.44. The molecule has 0 bridgehead atoms. The molecule has 4 heteroatoms. The van der Waals surface area contributed by atoms with Crippen molar-refractivity contribution in [1.82, 2.24) is 4.90 Å². The first-order valence-corrected chi connectivity index (χ1v) is 6.86. The van der Waals surface area contributed by atoms with Gasteiger partial charge >= 0.3 is 0 Å². The number of hydrogen-bond acceptors (Lipinski definition) is 2. The van der Waals surface area contributed by atoms with Crippen molar-refractivity contribution in [2.24, 2.45) is 11.8 Å². The number of likely N-dealkylation sites (tertiary alicyclic amines) is 1. The van der Waals surface area contributed by atoms with Gasteiger partial charge in [-0.15, -0.1) is 0 Å². The zero-order valence-electron chi connectivity index (χ0n) is 11.5. The summed E-state index contributed by atoms with van der Waals surface area (Å²) in [5.41, 5.74) is 0.579. The maximum atomic E-state index is 13.3. The summed E-state index contributed by atoms with van der Waals surface area (Å²) in [4.78, 5) is 2.21. The molecule has 1 aliphatic rings. The number of phenols is 1. The smallest absolute Gasteiger partial charge is 0.187 e. The molecule has 2 rings (SSSR count). The van der Waals surface area contributed by atoms with Crippen LogP contribution in [-0.4, -0.2) is 23.1 Å². The van der Waals surface area contributed by atoms with E-state index in [1.807, 2.05) is 0 Å². The molecular formula is C15H21F2NO. The Bertz CT molecular complexity index is 417. The zero-order valence-corrected chi connectivity index (χ0v) is 11.5. The van der Waals surface area contributed by atoms with Crippen molar-refractivity contribution in [2.75, 3.05) is 13.1 Å². The van der Waals surface area contributed by atoms with Crippen molar-refractivity contribution in [3.05, 3.63) is 29.3 Å². The van der Waals surface area contributed by atoms with Crippen LogP contribution in [0.4, 0.5) is 8.78 Å². The summed E-state index contributed by atoms with van der Waals surface area (Å²) in [5, 5.41) is 9.07. The molecule has 0 unspecified atom stereocenters. The molecule has 1 heterocycles. The standard InChI is InChI=1S/C15H21F2NO/c1-10(2)12-3-5-18(6-4-12)9-11-7-13(16)15(19)14(17)8-11/h7-8,10,12,19H,3-6,9H2,1-2H3. The average Bonchev–Trinajstić information content (AvgIpc) is 2.36. The van der Waals surface area contributed by atoms with Crippen LogP contribution in [0, 0.1) is 23.5 Å². The molecule has 0 amide bonds. The van der Waals surface area contributed by atoms with Gasteiger partial charge in [0.05, 0.1) is 0 Å². The summed E-state index contributed by atoms with van der Waals surface area (Å²) in [5.74, 6) is -1.20. The topological polar surface area (TPSA) is 23.5 Å². The van der Waals surface area contributed by atoms with Gasteiger partial charge in [-0.2, -0.15) is 0 Å². The van der Waals surface area contributed by atoms with Gasteiger partial charge in [0.25, 0.3) is 0 Å². The van der Waals surface area contributed by atoms with Gasteiger partial charge in [-0.3, -0.25) is 4.90 Å². The van der Waals surface area contributed by atoms with Gasteiger partial charge in [-0.25, -0.2) is 8.78 Å². The number of hydrogen-bond donors (Lipinski definition) is 1. The minimum atomic E-state index is -0.887. The highest BCUT2D eigenvalue weighted by molar-refractivity contribution is 5.30. The van der Waals surface area contributed by atoms with E-state index in [1.165, 1.54) is 12.1 Å². The highest BCUT2D eigenvalue weighted by atomic mass is 19.1. The van der Waals surface area contributed by atoms with E-state index < -0.39 is 17.4 Å².